The Kier molecular flexibility index (Phi) is 3.91. The molecule has 0 amide bonds. The summed E-state index contributed by atoms with van der Waals surface area (Å²) in [7, 11) is -3.63. The van der Waals surface area contributed by atoms with Crippen LogP contribution in [0, 0.1) is 16.7 Å². The van der Waals surface area contributed by atoms with E-state index in [0.29, 0.717) is 0 Å². The number of benzene rings is 1. The maximum Gasteiger partial charge on any atom is 0.241 e. The van der Waals surface area contributed by atoms with E-state index in [4.69, 9.17) is 5.26 Å². The Balaban J connectivity index is 3.00. The first-order valence-electron chi connectivity index (χ1n) is 5.24. The molecule has 5 heteroatoms. The largest absolute Gasteiger partial charge is 0.241 e. The molecule has 1 aromatic carbocycles. The van der Waals surface area contributed by atoms with E-state index < -0.39 is 21.5 Å². The van der Waals surface area contributed by atoms with Gasteiger partial charge in [-0.3, -0.25) is 0 Å². The Hall–Kier alpha value is -1.38. The molecule has 1 atom stereocenters. The van der Waals surface area contributed by atoms with Gasteiger partial charge in [-0.25, -0.2) is 8.42 Å². The number of sulfonamides is 1. The predicted octanol–water partition coefficient (Wildman–Crippen LogP) is 1.90. The van der Waals surface area contributed by atoms with Crippen molar-refractivity contribution in [1.29, 1.82) is 5.26 Å². The smallest absolute Gasteiger partial charge is 0.207 e. The lowest BCUT2D eigenvalue weighted by molar-refractivity contribution is 0.350. The third-order valence-corrected chi connectivity index (χ3v) is 3.76. The number of nitrogens with one attached hydrogen (secondary N) is 1. The quantitative estimate of drug-likeness (QED) is 0.893. The third-order valence-electron chi connectivity index (χ3n) is 2.32. The summed E-state index contributed by atoms with van der Waals surface area (Å²) in [6.45, 7) is 5.44. The van der Waals surface area contributed by atoms with Gasteiger partial charge in [-0.1, -0.05) is 39.0 Å². The van der Waals surface area contributed by atoms with Gasteiger partial charge in [-0.2, -0.15) is 9.98 Å². The second-order valence-electron chi connectivity index (χ2n) is 4.86. The molecular formula is C12H16N2O2S. The van der Waals surface area contributed by atoms with Crippen LogP contribution in [0.5, 0.6) is 0 Å². The molecule has 0 aliphatic heterocycles. The van der Waals surface area contributed by atoms with Crippen molar-refractivity contribution in [2.75, 3.05) is 0 Å². The molecule has 0 heterocycles. The van der Waals surface area contributed by atoms with Gasteiger partial charge in [0, 0.05) is 0 Å². The predicted molar refractivity (Wildman–Crippen MR) is 65.6 cm³/mol. The average Bonchev–Trinajstić information content (AvgIpc) is 2.25. The van der Waals surface area contributed by atoms with Gasteiger partial charge in [0.25, 0.3) is 0 Å². The zero-order chi connectivity index (χ0) is 13.1. The topological polar surface area (TPSA) is 70.0 Å². The number of nitrogens with zero attached hydrogens (tertiary/aromatic N) is 1. The summed E-state index contributed by atoms with van der Waals surface area (Å²) in [6, 6.07) is 9.25. The summed E-state index contributed by atoms with van der Waals surface area (Å²) in [4.78, 5) is 0.171. The molecule has 0 aromatic heterocycles. The Morgan fingerprint density at radius 3 is 2.18 bits per heavy atom. The van der Waals surface area contributed by atoms with Crippen molar-refractivity contribution in [3.63, 3.8) is 0 Å². The van der Waals surface area contributed by atoms with Gasteiger partial charge in [0.1, 0.15) is 6.04 Å². The molecule has 1 aromatic rings. The molecule has 0 radical (unpaired) electrons. The lowest BCUT2D eigenvalue weighted by Crippen LogP contribution is -2.42. The highest BCUT2D eigenvalue weighted by molar-refractivity contribution is 7.89. The normalized spacial score (nSPS) is 14.0. The third kappa shape index (κ3) is 3.55. The summed E-state index contributed by atoms with van der Waals surface area (Å²) in [5, 5.41) is 8.99. The molecule has 1 rings (SSSR count). The van der Waals surface area contributed by atoms with Crippen LogP contribution in [0.2, 0.25) is 0 Å². The fourth-order valence-electron chi connectivity index (χ4n) is 1.22. The fourth-order valence-corrected chi connectivity index (χ4v) is 2.59. The van der Waals surface area contributed by atoms with Crippen molar-refractivity contribution >= 4 is 10.0 Å². The van der Waals surface area contributed by atoms with E-state index in [-0.39, 0.29) is 4.90 Å². The van der Waals surface area contributed by atoms with Gasteiger partial charge < -0.3 is 0 Å². The minimum atomic E-state index is -3.63. The number of rotatable bonds is 3. The van der Waals surface area contributed by atoms with Gasteiger partial charge in [0.05, 0.1) is 11.0 Å². The molecule has 1 N–H and O–H groups in total. The first-order chi connectivity index (χ1) is 7.77. The Morgan fingerprint density at radius 1 is 1.24 bits per heavy atom. The average molecular weight is 252 g/mol. The lowest BCUT2D eigenvalue weighted by atomic mass is 9.88. The van der Waals surface area contributed by atoms with E-state index in [1.807, 2.05) is 26.8 Å². The van der Waals surface area contributed by atoms with Gasteiger partial charge in [-0.15, -0.1) is 0 Å². The molecule has 0 spiro atoms. The summed E-state index contributed by atoms with van der Waals surface area (Å²) in [5.74, 6) is 0. The number of hydrogen-bond acceptors (Lipinski definition) is 3. The molecular weight excluding hydrogens is 236 g/mol. The van der Waals surface area contributed by atoms with Crippen LogP contribution < -0.4 is 4.72 Å². The SMILES string of the molecule is CC(C)(C)C(C#N)NS(=O)(=O)c1ccccc1. The Labute approximate surface area is 102 Å². The van der Waals surface area contributed by atoms with E-state index in [9.17, 15) is 8.42 Å². The molecule has 92 valence electrons. The van der Waals surface area contributed by atoms with E-state index in [1.165, 1.54) is 12.1 Å². The highest BCUT2D eigenvalue weighted by Crippen LogP contribution is 2.20. The highest BCUT2D eigenvalue weighted by atomic mass is 32.2. The number of nitriles is 1. The summed E-state index contributed by atoms with van der Waals surface area (Å²) in [5.41, 5.74) is -0.448. The van der Waals surface area contributed by atoms with Crippen LogP contribution in [0.3, 0.4) is 0 Å². The van der Waals surface area contributed by atoms with E-state index in [1.54, 1.807) is 18.2 Å². The first-order valence-corrected chi connectivity index (χ1v) is 6.73. The molecule has 17 heavy (non-hydrogen) atoms. The van der Waals surface area contributed by atoms with Crippen LogP contribution in [-0.2, 0) is 10.0 Å². The van der Waals surface area contributed by atoms with Crippen LogP contribution in [-0.4, -0.2) is 14.5 Å². The molecule has 0 saturated heterocycles. The molecule has 0 aliphatic rings. The van der Waals surface area contributed by atoms with Crippen molar-refractivity contribution in [1.82, 2.24) is 4.72 Å². The Bertz CT molecular complexity index is 510. The van der Waals surface area contributed by atoms with Gasteiger partial charge in [-0.05, 0) is 17.5 Å². The van der Waals surface area contributed by atoms with E-state index in [2.05, 4.69) is 4.72 Å². The van der Waals surface area contributed by atoms with E-state index >= 15 is 0 Å². The molecule has 0 aliphatic carbocycles. The summed E-state index contributed by atoms with van der Waals surface area (Å²) < 4.78 is 26.4. The van der Waals surface area contributed by atoms with Gasteiger partial charge >= 0.3 is 0 Å². The molecule has 1 unspecified atom stereocenters. The zero-order valence-electron chi connectivity index (χ0n) is 10.1. The van der Waals surface area contributed by atoms with Crippen LogP contribution in [0.1, 0.15) is 20.8 Å². The summed E-state index contributed by atoms with van der Waals surface area (Å²) in [6.07, 6.45) is 0. The van der Waals surface area contributed by atoms with Crippen molar-refractivity contribution in [3.05, 3.63) is 30.3 Å². The van der Waals surface area contributed by atoms with Crippen LogP contribution >= 0.6 is 0 Å². The van der Waals surface area contributed by atoms with Gasteiger partial charge in [0.2, 0.25) is 10.0 Å². The van der Waals surface area contributed by atoms with Gasteiger partial charge in [0.15, 0.2) is 0 Å². The van der Waals surface area contributed by atoms with Crippen LogP contribution in [0.15, 0.2) is 35.2 Å². The molecule has 0 saturated carbocycles. The van der Waals surface area contributed by atoms with Crippen molar-refractivity contribution < 1.29 is 8.42 Å². The van der Waals surface area contributed by atoms with Crippen LogP contribution in [0.4, 0.5) is 0 Å². The summed E-state index contributed by atoms with van der Waals surface area (Å²) >= 11 is 0. The molecule has 0 fully saturated rings. The molecule has 4 nitrogen and oxygen atoms in total. The maximum atomic E-state index is 12.0. The fraction of sp³-hybridized carbons (Fsp3) is 0.417. The Morgan fingerprint density at radius 2 is 1.76 bits per heavy atom. The second kappa shape index (κ2) is 4.86. The van der Waals surface area contributed by atoms with Crippen molar-refractivity contribution in [2.45, 2.75) is 31.7 Å². The van der Waals surface area contributed by atoms with Crippen molar-refractivity contribution in [2.24, 2.45) is 5.41 Å². The lowest BCUT2D eigenvalue weighted by Gasteiger charge is -2.25. The second-order valence-corrected chi connectivity index (χ2v) is 6.58. The standard InChI is InChI=1S/C12H16N2O2S/c1-12(2,3)11(9-13)14-17(15,16)10-7-5-4-6-8-10/h4-8,11,14H,1-3H3. The highest BCUT2D eigenvalue weighted by Gasteiger charge is 2.29. The first kappa shape index (κ1) is 13.7. The van der Waals surface area contributed by atoms with Crippen molar-refractivity contribution in [3.8, 4) is 6.07 Å². The zero-order valence-corrected chi connectivity index (χ0v) is 11.0. The maximum absolute atomic E-state index is 12.0. The van der Waals surface area contributed by atoms with E-state index in [0.717, 1.165) is 0 Å². The minimum absolute atomic E-state index is 0.171. The van der Waals surface area contributed by atoms with Crippen LogP contribution in [0.25, 0.3) is 0 Å². The monoisotopic (exact) mass is 252 g/mol. The molecule has 0 bridgehead atoms. The minimum Gasteiger partial charge on any atom is -0.207 e. The number of hydrogen-bond donors (Lipinski definition) is 1.